The van der Waals surface area contributed by atoms with Crippen LogP contribution in [-0.2, 0) is 90.8 Å². The maximum Gasteiger partial charge on any atom is 0.267 e. The van der Waals surface area contributed by atoms with Crippen LogP contribution in [0.2, 0.25) is 0 Å². The van der Waals surface area contributed by atoms with Crippen LogP contribution in [0.5, 0.6) is 0 Å². The number of thioether (sulfide) groups is 1. The molecule has 12 nitrogen and oxygen atoms in total. The third-order valence-electron chi connectivity index (χ3n) is 12.7. The van der Waals surface area contributed by atoms with Gasteiger partial charge in [0.15, 0.2) is 12.6 Å². The molecule has 0 spiro atoms. The Morgan fingerprint density at radius 2 is 1.15 bits per heavy atom. The second kappa shape index (κ2) is 25.5. The number of ether oxygens (including phenoxy) is 10. The molecule has 1 N–H and O–H groups in total. The van der Waals surface area contributed by atoms with Crippen molar-refractivity contribution in [2.24, 2.45) is 0 Å². The van der Waals surface area contributed by atoms with E-state index < -0.39 is 67.2 Å². The highest BCUT2D eigenvalue weighted by molar-refractivity contribution is 14.1. The van der Waals surface area contributed by atoms with Gasteiger partial charge in [-0.3, -0.25) is 4.79 Å². The zero-order chi connectivity index (χ0) is 48.8. The summed E-state index contributed by atoms with van der Waals surface area (Å²) >= 11 is 3.45. The summed E-state index contributed by atoms with van der Waals surface area (Å²) in [7, 11) is 1.57. The zero-order valence-corrected chi connectivity index (χ0v) is 42.4. The summed E-state index contributed by atoms with van der Waals surface area (Å²) in [6, 6.07) is 56.4. The normalized spacial score (nSPS) is 27.4. The Bertz CT molecular complexity index is 2530. The van der Waals surface area contributed by atoms with Gasteiger partial charge in [0.25, 0.3) is 10.9 Å². The van der Waals surface area contributed by atoms with Crippen molar-refractivity contribution in [2.75, 3.05) is 26.1 Å². The zero-order valence-electron chi connectivity index (χ0n) is 39.4. The van der Waals surface area contributed by atoms with Crippen molar-refractivity contribution in [3.05, 3.63) is 213 Å². The molecule has 14 heteroatoms. The second-order valence-electron chi connectivity index (χ2n) is 17.6. The average Bonchev–Trinajstić information content (AvgIpc) is 3.42. The van der Waals surface area contributed by atoms with Crippen molar-refractivity contribution in [3.63, 3.8) is 0 Å². The van der Waals surface area contributed by atoms with E-state index in [2.05, 4.69) is 28.7 Å². The number of aliphatic hydroxyl groups is 1. The third kappa shape index (κ3) is 13.1. The number of aliphatic hydroxyl groups excluding tert-OH is 1. The number of methoxy groups -OCH3 is 1. The smallest absolute Gasteiger partial charge is 0.267 e. The summed E-state index contributed by atoms with van der Waals surface area (Å²) in [6.07, 6.45) is -9.39. The summed E-state index contributed by atoms with van der Waals surface area (Å²) < 4.78 is 68.0. The van der Waals surface area contributed by atoms with Crippen LogP contribution >= 0.6 is 34.4 Å². The minimum Gasteiger partial charge on any atom is -0.387 e. The van der Waals surface area contributed by atoms with E-state index in [-0.39, 0.29) is 38.1 Å². The fourth-order valence-electron chi connectivity index (χ4n) is 9.02. The molecule has 11 atom stereocenters. The summed E-state index contributed by atoms with van der Waals surface area (Å²) in [5.74, 6) is -1.37. The lowest BCUT2D eigenvalue weighted by Crippen LogP contribution is -2.68. The number of carbonyl (C=O) groups excluding carboxylic acids is 1. The van der Waals surface area contributed by atoms with E-state index in [0.29, 0.717) is 24.3 Å². The van der Waals surface area contributed by atoms with Gasteiger partial charge in [0.2, 0.25) is 0 Å². The molecule has 3 saturated heterocycles. The van der Waals surface area contributed by atoms with Gasteiger partial charge in [-0.1, -0.05) is 182 Å². The largest absolute Gasteiger partial charge is 0.387 e. The van der Waals surface area contributed by atoms with Gasteiger partial charge in [-0.05, 0) is 62.9 Å². The molecule has 0 aliphatic carbocycles. The highest BCUT2D eigenvalue weighted by Crippen LogP contribution is 2.43. The van der Waals surface area contributed by atoms with Crippen LogP contribution in [0.4, 0.5) is 0 Å². The maximum absolute atomic E-state index is 14.6. The maximum atomic E-state index is 14.6. The highest BCUT2D eigenvalue weighted by atomic mass is 127. The number of hydrogen-bond donors (Lipinski definition) is 1. The molecular formula is C57H59IO12S. The molecule has 6 aromatic rings. The molecule has 3 aliphatic heterocycles. The van der Waals surface area contributed by atoms with Gasteiger partial charge in [-0.2, -0.15) is 0 Å². The predicted molar refractivity (Wildman–Crippen MR) is 276 cm³/mol. The first kappa shape index (κ1) is 51.5. The molecule has 0 bridgehead atoms. The van der Waals surface area contributed by atoms with Gasteiger partial charge >= 0.3 is 0 Å². The van der Waals surface area contributed by atoms with Gasteiger partial charge in [-0.25, -0.2) is 0 Å². The number of halogens is 1. The summed E-state index contributed by atoms with van der Waals surface area (Å²) in [4.78, 5) is 14.6. The van der Waals surface area contributed by atoms with E-state index in [4.69, 9.17) is 47.4 Å². The van der Waals surface area contributed by atoms with Crippen molar-refractivity contribution >= 4 is 39.5 Å². The fourth-order valence-corrected chi connectivity index (χ4v) is 10.6. The minimum absolute atomic E-state index is 0.0713. The van der Waals surface area contributed by atoms with E-state index in [1.165, 1.54) is 0 Å². The Labute approximate surface area is 433 Å². The summed E-state index contributed by atoms with van der Waals surface area (Å²) in [5, 5.41) is 12.4. The molecule has 6 aromatic carbocycles. The molecule has 0 amide bonds. The van der Waals surface area contributed by atoms with Crippen LogP contribution in [0.3, 0.4) is 0 Å². The van der Waals surface area contributed by atoms with E-state index in [1.54, 1.807) is 19.2 Å². The third-order valence-corrected chi connectivity index (χ3v) is 14.7. The Morgan fingerprint density at radius 3 is 1.73 bits per heavy atom. The van der Waals surface area contributed by atoms with E-state index in [9.17, 15) is 9.90 Å². The Kier molecular flexibility index (Phi) is 18.5. The van der Waals surface area contributed by atoms with Crippen molar-refractivity contribution in [1.82, 2.24) is 0 Å². The number of benzene rings is 6. The van der Waals surface area contributed by atoms with Gasteiger partial charge < -0.3 is 52.5 Å². The number of rotatable bonds is 21. The highest BCUT2D eigenvalue weighted by Gasteiger charge is 2.59. The van der Waals surface area contributed by atoms with Crippen LogP contribution < -0.4 is 0 Å². The Morgan fingerprint density at radius 1 is 0.634 bits per heavy atom. The first-order valence-electron chi connectivity index (χ1n) is 23.9. The Balaban J connectivity index is 1.03. The van der Waals surface area contributed by atoms with E-state index in [0.717, 1.165) is 43.1 Å². The van der Waals surface area contributed by atoms with Gasteiger partial charge in [0.05, 0.1) is 39.6 Å². The molecule has 0 aromatic heterocycles. The number of aryl methyl sites for hydroxylation is 1. The number of fused-ring (bicyclic) bond motifs is 1. The lowest BCUT2D eigenvalue weighted by Gasteiger charge is -2.52. The molecule has 0 unspecified atom stereocenters. The first-order chi connectivity index (χ1) is 34.9. The molecule has 0 radical (unpaired) electrons. The minimum atomic E-state index is -1.85. The van der Waals surface area contributed by atoms with E-state index >= 15 is 0 Å². The molecule has 372 valence electrons. The van der Waals surface area contributed by atoms with Gasteiger partial charge in [-0.15, -0.1) is 0 Å². The molecule has 9 rings (SSSR count). The number of hydrogen-bond acceptors (Lipinski definition) is 13. The SMILES string of the molecule is CO[C@@H]1O[C@H](COCc2ccccc2)[C@@H](O[C@@H]2O[C@@H]3CO[C@@](C(=O)SCCc4ccccc4I)(c4ccccc4)O[C@H]3[C@H](O)[C@@H]2OCc2ccccc2)[C@H](OCc2ccccc2)[C@H]1OCc1ccccc1. The Hall–Kier alpha value is -4.37. The molecular weight excluding hydrogens is 1040 g/mol. The van der Waals surface area contributed by atoms with Crippen molar-refractivity contribution in [3.8, 4) is 0 Å². The lowest BCUT2D eigenvalue weighted by molar-refractivity contribution is -0.404. The summed E-state index contributed by atoms with van der Waals surface area (Å²) in [6.45, 7) is 0.800. The molecule has 71 heavy (non-hydrogen) atoms. The average molecular weight is 1100 g/mol. The lowest BCUT2D eigenvalue weighted by atomic mass is 9.94. The predicted octanol–water partition coefficient (Wildman–Crippen LogP) is 9.18. The van der Waals surface area contributed by atoms with Crippen molar-refractivity contribution in [2.45, 2.75) is 100 Å². The first-order valence-corrected chi connectivity index (χ1v) is 26.0. The van der Waals surface area contributed by atoms with Crippen molar-refractivity contribution < 1.29 is 57.3 Å². The molecule has 3 aliphatic rings. The molecule has 3 heterocycles. The van der Waals surface area contributed by atoms with Crippen LogP contribution in [0.15, 0.2) is 176 Å². The van der Waals surface area contributed by atoms with Crippen LogP contribution in [0.1, 0.15) is 33.4 Å². The van der Waals surface area contributed by atoms with Gasteiger partial charge in [0, 0.05) is 22.0 Å². The molecule has 3 fully saturated rings. The van der Waals surface area contributed by atoms with E-state index in [1.807, 2.05) is 158 Å². The second-order valence-corrected chi connectivity index (χ2v) is 19.8. The quantitative estimate of drug-likeness (QED) is 0.0689. The van der Waals surface area contributed by atoms with Gasteiger partial charge in [0.1, 0.15) is 48.8 Å². The van der Waals surface area contributed by atoms with Crippen LogP contribution in [-0.4, -0.2) is 97.7 Å². The van der Waals surface area contributed by atoms with Crippen molar-refractivity contribution in [1.29, 1.82) is 0 Å². The topological polar surface area (TPSA) is 130 Å². The standard InChI is InChI=1S/C57H59IO12S/c1-61-54-53(65-36-42-25-13-5-14-26-42)52(64-35-41-23-11-4-12-24-41)50(46(67-54)37-62-33-39-19-7-2-8-20-39)69-55-51(63-34-40-21-9-3-10-22-40)48(59)49-47(68-55)38-66-57(70-49,44-28-15-6-16-29-44)56(60)71-32-31-43-27-17-18-30-45(43)58/h2-30,46-55,59H,31-38H2,1H3/t46-,47-,48+,49-,50-,51+,52+,53-,54-,55+,57+/m1/s1. The van der Waals surface area contributed by atoms with Crippen LogP contribution in [0.25, 0.3) is 0 Å². The number of carbonyl (C=O) groups is 1. The molecule has 0 saturated carbocycles. The summed E-state index contributed by atoms with van der Waals surface area (Å²) in [5.41, 5.74) is 5.37. The fraction of sp³-hybridized carbons (Fsp3) is 0.351. The monoisotopic (exact) mass is 1090 g/mol. The van der Waals surface area contributed by atoms with Crippen LogP contribution in [0, 0.1) is 3.57 Å².